The van der Waals surface area contributed by atoms with Gasteiger partial charge in [0, 0.05) is 31.7 Å². The van der Waals surface area contributed by atoms with Crippen LogP contribution in [0.5, 0.6) is 0 Å². The molecule has 3 aromatic rings. The van der Waals surface area contributed by atoms with E-state index in [2.05, 4.69) is 4.98 Å². The number of hydrogen-bond acceptors (Lipinski definition) is 4. The molecule has 1 amide bonds. The Morgan fingerprint density at radius 3 is 2.34 bits per heavy atom. The molecular weight excluding hydrogens is 443 g/mol. The van der Waals surface area contributed by atoms with Crippen molar-refractivity contribution >= 4 is 17.5 Å². The summed E-state index contributed by atoms with van der Waals surface area (Å²) in [5, 5.41) is 0.563. The Hall–Kier alpha value is -2.84. The zero-order valence-electron chi connectivity index (χ0n) is 17.7. The topological polar surface area (TPSA) is 49.6 Å². The van der Waals surface area contributed by atoms with Crippen LogP contribution in [0.1, 0.15) is 40.0 Å². The van der Waals surface area contributed by atoms with Crippen molar-refractivity contribution in [2.75, 3.05) is 13.6 Å². The predicted octanol–water partition coefficient (Wildman–Crippen LogP) is 5.64. The smallest absolute Gasteiger partial charge is 0.416 e. The van der Waals surface area contributed by atoms with Crippen molar-refractivity contribution in [3.05, 3.63) is 88.1 Å². The second-order valence-electron chi connectivity index (χ2n) is 7.42. The molecule has 0 N–H and O–H groups in total. The molecule has 32 heavy (non-hydrogen) atoms. The van der Waals surface area contributed by atoms with Gasteiger partial charge in [0.25, 0.3) is 5.91 Å². The van der Waals surface area contributed by atoms with E-state index in [0.717, 1.165) is 17.7 Å². The van der Waals surface area contributed by atoms with Crippen molar-refractivity contribution in [1.29, 1.82) is 0 Å². The molecular formula is C23H23ClF3N3O2. The van der Waals surface area contributed by atoms with E-state index in [1.165, 1.54) is 17.2 Å². The second-order valence-corrected chi connectivity index (χ2v) is 7.86. The van der Waals surface area contributed by atoms with Gasteiger partial charge in [-0.15, -0.1) is 0 Å². The largest absolute Gasteiger partial charge is 0.447 e. The summed E-state index contributed by atoms with van der Waals surface area (Å²) in [6.45, 7) is 3.19. The van der Waals surface area contributed by atoms with E-state index >= 15 is 0 Å². The molecule has 0 atom stereocenters. The molecule has 0 spiro atoms. The summed E-state index contributed by atoms with van der Waals surface area (Å²) in [5.41, 5.74) is 0.865. The van der Waals surface area contributed by atoms with E-state index in [-0.39, 0.29) is 24.7 Å². The highest BCUT2D eigenvalue weighted by atomic mass is 35.5. The van der Waals surface area contributed by atoms with Crippen LogP contribution in [0.3, 0.4) is 0 Å². The zero-order chi connectivity index (χ0) is 23.3. The standard InChI is InChI=1S/C23H23ClF3N3O2/c1-3-29(2)22(31)20-15-32-21(28-20)14-30(13-17-7-5-9-19(24)11-17)12-16-6-4-8-18(10-16)23(25,26)27/h4-11,15H,3,12-14H2,1-2H3. The lowest BCUT2D eigenvalue weighted by Crippen LogP contribution is -2.26. The molecule has 0 radical (unpaired) electrons. The lowest BCUT2D eigenvalue weighted by atomic mass is 10.1. The summed E-state index contributed by atoms with van der Waals surface area (Å²) in [6, 6.07) is 12.4. The molecule has 0 unspecified atom stereocenters. The molecule has 0 aliphatic carbocycles. The van der Waals surface area contributed by atoms with Crippen LogP contribution < -0.4 is 0 Å². The summed E-state index contributed by atoms with van der Waals surface area (Å²) in [5.74, 6) is 0.0358. The number of nitrogens with zero attached hydrogens (tertiary/aromatic N) is 3. The van der Waals surface area contributed by atoms with E-state index < -0.39 is 11.7 Å². The number of aromatic nitrogens is 1. The number of amides is 1. The maximum Gasteiger partial charge on any atom is 0.416 e. The molecule has 5 nitrogen and oxygen atoms in total. The number of oxazole rings is 1. The van der Waals surface area contributed by atoms with Crippen molar-refractivity contribution < 1.29 is 22.4 Å². The van der Waals surface area contributed by atoms with E-state index in [0.29, 0.717) is 29.6 Å². The van der Waals surface area contributed by atoms with Crippen molar-refractivity contribution in [1.82, 2.24) is 14.8 Å². The Kier molecular flexibility index (Phi) is 7.58. The first-order valence-electron chi connectivity index (χ1n) is 9.98. The molecule has 1 heterocycles. The van der Waals surface area contributed by atoms with E-state index in [4.69, 9.17) is 16.0 Å². The van der Waals surface area contributed by atoms with Crippen LogP contribution in [-0.4, -0.2) is 34.3 Å². The maximum absolute atomic E-state index is 13.1. The third-order valence-corrected chi connectivity index (χ3v) is 5.14. The molecule has 2 aromatic carbocycles. The van der Waals surface area contributed by atoms with Gasteiger partial charge in [0.15, 0.2) is 5.69 Å². The van der Waals surface area contributed by atoms with Crippen molar-refractivity contribution in [2.45, 2.75) is 32.7 Å². The van der Waals surface area contributed by atoms with Gasteiger partial charge in [0.05, 0.1) is 12.1 Å². The predicted molar refractivity (Wildman–Crippen MR) is 115 cm³/mol. The Morgan fingerprint density at radius 1 is 1.06 bits per heavy atom. The van der Waals surface area contributed by atoms with Crippen molar-refractivity contribution in [3.8, 4) is 0 Å². The van der Waals surface area contributed by atoms with Gasteiger partial charge >= 0.3 is 6.18 Å². The Morgan fingerprint density at radius 2 is 1.72 bits per heavy atom. The summed E-state index contributed by atoms with van der Waals surface area (Å²) >= 11 is 6.08. The first kappa shape index (κ1) is 23.8. The molecule has 0 aliphatic heterocycles. The molecule has 1 aromatic heterocycles. The van der Waals surface area contributed by atoms with Crippen LogP contribution >= 0.6 is 11.6 Å². The molecule has 3 rings (SSSR count). The normalized spacial score (nSPS) is 11.7. The van der Waals surface area contributed by atoms with Crippen molar-refractivity contribution in [2.24, 2.45) is 0 Å². The monoisotopic (exact) mass is 465 g/mol. The molecule has 0 saturated heterocycles. The molecule has 170 valence electrons. The van der Waals surface area contributed by atoms with Gasteiger partial charge in [-0.2, -0.15) is 13.2 Å². The van der Waals surface area contributed by atoms with Crippen LogP contribution in [0.2, 0.25) is 5.02 Å². The van der Waals surface area contributed by atoms with Gasteiger partial charge in [-0.05, 0) is 36.2 Å². The van der Waals surface area contributed by atoms with Crippen LogP contribution in [0.25, 0.3) is 0 Å². The average Bonchev–Trinajstić information content (AvgIpc) is 3.20. The van der Waals surface area contributed by atoms with Gasteiger partial charge < -0.3 is 9.32 Å². The molecule has 0 fully saturated rings. The fraction of sp³-hybridized carbons (Fsp3) is 0.304. The third kappa shape index (κ3) is 6.34. The average molecular weight is 466 g/mol. The minimum absolute atomic E-state index is 0.186. The van der Waals surface area contributed by atoms with Crippen LogP contribution in [0.4, 0.5) is 13.2 Å². The minimum atomic E-state index is -4.42. The lowest BCUT2D eigenvalue weighted by Gasteiger charge is -2.22. The number of benzene rings is 2. The fourth-order valence-electron chi connectivity index (χ4n) is 3.18. The first-order chi connectivity index (χ1) is 15.2. The minimum Gasteiger partial charge on any atom is -0.447 e. The molecule has 9 heteroatoms. The van der Waals surface area contributed by atoms with Crippen LogP contribution in [-0.2, 0) is 25.8 Å². The number of carbonyl (C=O) groups excluding carboxylic acids is 1. The van der Waals surface area contributed by atoms with Gasteiger partial charge in [-0.25, -0.2) is 4.98 Å². The van der Waals surface area contributed by atoms with E-state index in [9.17, 15) is 18.0 Å². The van der Waals surface area contributed by atoms with Gasteiger partial charge in [-0.3, -0.25) is 9.69 Å². The first-order valence-corrected chi connectivity index (χ1v) is 10.4. The highest BCUT2D eigenvalue weighted by molar-refractivity contribution is 6.30. The molecule has 0 bridgehead atoms. The van der Waals surface area contributed by atoms with Gasteiger partial charge in [0.2, 0.25) is 5.89 Å². The number of alkyl halides is 3. The maximum atomic E-state index is 13.1. The highest BCUT2D eigenvalue weighted by Crippen LogP contribution is 2.30. The second kappa shape index (κ2) is 10.2. The lowest BCUT2D eigenvalue weighted by molar-refractivity contribution is -0.137. The summed E-state index contributed by atoms with van der Waals surface area (Å²) in [4.78, 5) is 20.0. The van der Waals surface area contributed by atoms with Gasteiger partial charge in [0.1, 0.15) is 6.26 Å². The fourth-order valence-corrected chi connectivity index (χ4v) is 3.39. The number of hydrogen-bond donors (Lipinski definition) is 0. The zero-order valence-corrected chi connectivity index (χ0v) is 18.5. The summed E-state index contributed by atoms with van der Waals surface area (Å²) in [7, 11) is 1.66. The molecule has 0 aliphatic rings. The Labute approximate surface area is 189 Å². The highest BCUT2D eigenvalue weighted by Gasteiger charge is 2.30. The third-order valence-electron chi connectivity index (χ3n) is 4.91. The van der Waals surface area contributed by atoms with E-state index in [1.807, 2.05) is 24.0 Å². The quantitative estimate of drug-likeness (QED) is 0.432. The summed E-state index contributed by atoms with van der Waals surface area (Å²) in [6.07, 6.45) is -3.12. The number of carbonyl (C=O) groups is 1. The van der Waals surface area contributed by atoms with Gasteiger partial charge in [-0.1, -0.05) is 41.9 Å². The Bertz CT molecular complexity index is 1070. The number of rotatable bonds is 8. The molecule has 0 saturated carbocycles. The number of halogens is 4. The SMILES string of the molecule is CCN(C)C(=O)c1coc(CN(Cc2cccc(Cl)c2)Cc2cccc(C(F)(F)F)c2)n1. The van der Waals surface area contributed by atoms with Crippen LogP contribution in [0.15, 0.2) is 59.2 Å². The van der Waals surface area contributed by atoms with Crippen molar-refractivity contribution in [3.63, 3.8) is 0 Å². The Balaban J connectivity index is 1.83. The van der Waals surface area contributed by atoms with Crippen LogP contribution in [0, 0.1) is 0 Å². The summed E-state index contributed by atoms with van der Waals surface area (Å²) < 4.78 is 44.9. The van der Waals surface area contributed by atoms with E-state index in [1.54, 1.807) is 25.2 Å².